The van der Waals surface area contributed by atoms with Gasteiger partial charge in [0.15, 0.2) is 6.04 Å². The summed E-state index contributed by atoms with van der Waals surface area (Å²) in [5, 5.41) is 12.4. The smallest absolute Gasteiger partial charge is 0.278 e. The number of sulfonamides is 1. The number of nitrogens with zero attached hydrogens (tertiary/aromatic N) is 2. The molecule has 7 nitrogen and oxygen atoms in total. The van der Waals surface area contributed by atoms with Crippen LogP contribution in [0.1, 0.15) is 45.1 Å². The first-order valence-electron chi connectivity index (χ1n) is 10.5. The monoisotopic (exact) mass is 419 g/mol. The molecule has 0 unspecified atom stereocenters. The van der Waals surface area contributed by atoms with Gasteiger partial charge in [0, 0.05) is 6.04 Å². The summed E-state index contributed by atoms with van der Waals surface area (Å²) in [6.07, 6.45) is 4.60. The third-order valence-corrected chi connectivity index (χ3v) is 8.39. The summed E-state index contributed by atoms with van der Waals surface area (Å²) in [7, 11) is -3.71. The van der Waals surface area contributed by atoms with Crippen LogP contribution in [0.5, 0.6) is 0 Å². The summed E-state index contributed by atoms with van der Waals surface area (Å²) in [6, 6.07) is 8.30. The van der Waals surface area contributed by atoms with Gasteiger partial charge in [-0.1, -0.05) is 31.9 Å². The van der Waals surface area contributed by atoms with Crippen LogP contribution < -0.4 is 10.2 Å². The van der Waals surface area contributed by atoms with Crippen molar-refractivity contribution < 1.29 is 18.1 Å². The highest BCUT2D eigenvalue weighted by molar-refractivity contribution is 7.89. The van der Waals surface area contributed by atoms with Crippen molar-refractivity contribution in [2.24, 2.45) is 5.92 Å². The minimum absolute atomic E-state index is 0.0584. The summed E-state index contributed by atoms with van der Waals surface area (Å²) in [5.74, 6) is 0.571. The van der Waals surface area contributed by atoms with E-state index in [-0.39, 0.29) is 28.4 Å². The highest BCUT2D eigenvalue weighted by Gasteiger charge is 2.36. The van der Waals surface area contributed by atoms with Crippen LogP contribution in [0, 0.1) is 17.2 Å². The van der Waals surface area contributed by atoms with Gasteiger partial charge in [0.05, 0.1) is 36.6 Å². The number of rotatable bonds is 5. The second kappa shape index (κ2) is 9.24. The zero-order valence-corrected chi connectivity index (χ0v) is 18.0. The number of nitriles is 1. The van der Waals surface area contributed by atoms with Gasteiger partial charge in [-0.2, -0.15) is 9.57 Å². The molecule has 0 aromatic heterocycles. The predicted octanol–water partition coefficient (Wildman–Crippen LogP) is 0.531. The van der Waals surface area contributed by atoms with Gasteiger partial charge in [0.25, 0.3) is 5.91 Å². The van der Waals surface area contributed by atoms with Crippen molar-refractivity contribution in [2.45, 2.75) is 56.5 Å². The van der Waals surface area contributed by atoms with Gasteiger partial charge in [0.1, 0.15) is 6.07 Å². The predicted molar refractivity (Wildman–Crippen MR) is 110 cm³/mol. The van der Waals surface area contributed by atoms with Crippen molar-refractivity contribution in [3.05, 3.63) is 29.8 Å². The molecule has 3 atom stereocenters. The number of hydrogen-bond donors (Lipinski definition) is 2. The van der Waals surface area contributed by atoms with Crippen LogP contribution in [0.2, 0.25) is 0 Å². The van der Waals surface area contributed by atoms with Gasteiger partial charge in [-0.05, 0) is 37.8 Å². The zero-order chi connectivity index (χ0) is 21.0. The van der Waals surface area contributed by atoms with E-state index in [1.54, 1.807) is 12.1 Å². The Morgan fingerprint density at radius 2 is 1.90 bits per heavy atom. The topological polar surface area (TPSA) is 94.7 Å². The highest BCUT2D eigenvalue weighted by Crippen LogP contribution is 2.23. The SMILES string of the molecule is C[C@H](C(=O)N[C@H]1CCCC[C@@H]1C)[NH+]1CCN(S(=O)(=O)c2ccccc2C#N)CC1. The third-order valence-electron chi connectivity index (χ3n) is 6.43. The number of carbonyl (C=O) groups excluding carboxylic acids is 1. The third kappa shape index (κ3) is 4.80. The average Bonchev–Trinajstić information content (AvgIpc) is 2.74. The van der Waals surface area contributed by atoms with Gasteiger partial charge in [-0.3, -0.25) is 4.79 Å². The standard InChI is InChI=1S/C21H30N4O3S/c1-16-7-3-5-9-19(16)23-21(26)17(2)24-11-13-25(14-12-24)29(27,28)20-10-6-4-8-18(20)15-22/h4,6,8,10,16-17,19H,3,5,7,9,11-14H2,1-2H3,(H,23,26)/p+1/t16-,17+,19-/m0/s1. The Morgan fingerprint density at radius 3 is 2.55 bits per heavy atom. The number of benzene rings is 1. The summed E-state index contributed by atoms with van der Waals surface area (Å²) < 4.78 is 27.4. The van der Waals surface area contributed by atoms with Crippen LogP contribution in [0.25, 0.3) is 0 Å². The van der Waals surface area contributed by atoms with Gasteiger partial charge >= 0.3 is 0 Å². The number of carbonyl (C=O) groups is 1. The maximum Gasteiger partial charge on any atom is 0.278 e. The van der Waals surface area contributed by atoms with E-state index in [0.717, 1.165) is 24.2 Å². The molecular weight excluding hydrogens is 388 g/mol. The van der Waals surface area contributed by atoms with Crippen molar-refractivity contribution in [3.63, 3.8) is 0 Å². The summed E-state index contributed by atoms with van der Waals surface area (Å²) in [5.41, 5.74) is 0.164. The normalized spacial score (nSPS) is 25.1. The van der Waals surface area contributed by atoms with E-state index in [4.69, 9.17) is 0 Å². The second-order valence-corrected chi connectivity index (χ2v) is 10.2. The first-order valence-corrected chi connectivity index (χ1v) is 11.9. The van der Waals surface area contributed by atoms with E-state index in [0.29, 0.717) is 32.1 Å². The fourth-order valence-electron chi connectivity index (χ4n) is 4.39. The Bertz CT molecular complexity index is 872. The van der Waals surface area contributed by atoms with Crippen LogP contribution in [-0.4, -0.2) is 56.9 Å². The fraction of sp³-hybridized carbons (Fsp3) is 0.619. The Hall–Kier alpha value is -1.95. The molecule has 0 spiro atoms. The van der Waals surface area contributed by atoms with Crippen molar-refractivity contribution in [1.29, 1.82) is 5.26 Å². The summed E-state index contributed by atoms with van der Waals surface area (Å²) >= 11 is 0. The van der Waals surface area contributed by atoms with Crippen molar-refractivity contribution in [3.8, 4) is 6.07 Å². The van der Waals surface area contributed by atoms with Gasteiger partial charge in [0.2, 0.25) is 10.0 Å². The van der Waals surface area contributed by atoms with E-state index in [2.05, 4.69) is 12.2 Å². The maximum atomic E-state index is 13.0. The lowest BCUT2D eigenvalue weighted by Crippen LogP contribution is -3.19. The number of hydrogen-bond acceptors (Lipinski definition) is 4. The molecule has 1 amide bonds. The molecule has 3 rings (SSSR count). The summed E-state index contributed by atoms with van der Waals surface area (Å²) in [4.78, 5) is 13.9. The van der Waals surface area contributed by atoms with E-state index in [1.807, 2.05) is 13.0 Å². The van der Waals surface area contributed by atoms with Gasteiger partial charge in [-0.25, -0.2) is 8.42 Å². The summed E-state index contributed by atoms with van der Waals surface area (Å²) in [6.45, 7) is 5.95. The molecule has 1 aliphatic heterocycles. The fourth-order valence-corrected chi connectivity index (χ4v) is 5.98. The quantitative estimate of drug-likeness (QED) is 0.728. The van der Waals surface area contributed by atoms with Crippen LogP contribution in [0.4, 0.5) is 0 Å². The number of amides is 1. The number of nitrogens with one attached hydrogen (secondary N) is 2. The molecule has 8 heteroatoms. The van der Waals surface area contributed by atoms with Crippen LogP contribution in [0.3, 0.4) is 0 Å². The molecule has 1 saturated carbocycles. The van der Waals surface area contributed by atoms with Crippen LogP contribution in [-0.2, 0) is 14.8 Å². The van der Waals surface area contributed by atoms with E-state index >= 15 is 0 Å². The molecule has 2 aliphatic rings. The van der Waals surface area contributed by atoms with E-state index in [9.17, 15) is 18.5 Å². The minimum atomic E-state index is -3.71. The molecule has 0 radical (unpaired) electrons. The molecule has 1 heterocycles. The van der Waals surface area contributed by atoms with Crippen molar-refractivity contribution >= 4 is 15.9 Å². The van der Waals surface area contributed by atoms with E-state index < -0.39 is 10.0 Å². The van der Waals surface area contributed by atoms with E-state index in [1.165, 1.54) is 22.9 Å². The van der Waals surface area contributed by atoms with Gasteiger partial charge in [-0.15, -0.1) is 0 Å². The molecule has 2 fully saturated rings. The second-order valence-electron chi connectivity index (χ2n) is 8.27. The molecule has 2 N–H and O–H groups in total. The van der Waals surface area contributed by atoms with Crippen LogP contribution >= 0.6 is 0 Å². The number of piperazine rings is 1. The first kappa shape index (κ1) is 21.8. The molecule has 1 saturated heterocycles. The molecule has 1 aromatic carbocycles. The lowest BCUT2D eigenvalue weighted by Gasteiger charge is -2.36. The lowest BCUT2D eigenvalue weighted by atomic mass is 9.86. The average molecular weight is 420 g/mol. The van der Waals surface area contributed by atoms with Crippen LogP contribution in [0.15, 0.2) is 29.2 Å². The Balaban J connectivity index is 1.59. The molecule has 1 aromatic rings. The largest absolute Gasteiger partial charge is 0.348 e. The zero-order valence-electron chi connectivity index (χ0n) is 17.2. The Labute approximate surface area is 173 Å². The van der Waals surface area contributed by atoms with Crippen molar-refractivity contribution in [2.75, 3.05) is 26.2 Å². The number of quaternary nitrogens is 1. The Kier molecular flexibility index (Phi) is 6.93. The molecule has 158 valence electrons. The molecule has 0 bridgehead atoms. The molecule has 1 aliphatic carbocycles. The lowest BCUT2D eigenvalue weighted by molar-refractivity contribution is -0.917. The molecular formula is C21H31N4O3S+. The maximum absolute atomic E-state index is 13.0. The minimum Gasteiger partial charge on any atom is -0.348 e. The van der Waals surface area contributed by atoms with Crippen molar-refractivity contribution in [1.82, 2.24) is 9.62 Å². The Morgan fingerprint density at radius 1 is 1.24 bits per heavy atom. The highest BCUT2D eigenvalue weighted by atomic mass is 32.2. The first-order chi connectivity index (χ1) is 13.8. The molecule has 29 heavy (non-hydrogen) atoms. The van der Waals surface area contributed by atoms with Gasteiger partial charge < -0.3 is 10.2 Å².